The predicted octanol–water partition coefficient (Wildman–Crippen LogP) is 2.52. The molecule has 1 aromatic carbocycles. The van der Waals surface area contributed by atoms with Gasteiger partial charge in [-0.05, 0) is 12.1 Å². The lowest BCUT2D eigenvalue weighted by molar-refractivity contribution is 0.408. The number of aromatic nitrogens is 1. The Morgan fingerprint density at radius 2 is 2.29 bits per heavy atom. The number of benzene rings is 1. The van der Waals surface area contributed by atoms with Crippen LogP contribution in [0.3, 0.4) is 0 Å². The van der Waals surface area contributed by atoms with E-state index in [1.807, 2.05) is 5.38 Å². The van der Waals surface area contributed by atoms with Gasteiger partial charge in [-0.3, -0.25) is 0 Å². The second-order valence-corrected chi connectivity index (χ2v) is 3.48. The third-order valence-corrected chi connectivity index (χ3v) is 2.50. The van der Waals surface area contributed by atoms with Crippen LogP contribution in [0.25, 0.3) is 11.3 Å². The maximum atomic E-state index is 9.68. The van der Waals surface area contributed by atoms with Gasteiger partial charge in [-0.15, -0.1) is 11.3 Å². The Labute approximate surface area is 85.6 Å². The minimum Gasteiger partial charge on any atom is -0.507 e. The highest BCUT2D eigenvalue weighted by molar-refractivity contribution is 7.07. The van der Waals surface area contributed by atoms with Crippen molar-refractivity contribution in [2.24, 2.45) is 0 Å². The topological polar surface area (TPSA) is 42.4 Å². The van der Waals surface area contributed by atoms with Gasteiger partial charge in [-0.1, -0.05) is 0 Å². The molecule has 0 aliphatic heterocycles. The molecule has 2 aromatic rings. The quantitative estimate of drug-likeness (QED) is 0.822. The second kappa shape index (κ2) is 3.67. The second-order valence-electron chi connectivity index (χ2n) is 2.76. The van der Waals surface area contributed by atoms with Crippen molar-refractivity contribution in [1.82, 2.24) is 4.98 Å². The van der Waals surface area contributed by atoms with Gasteiger partial charge < -0.3 is 9.84 Å². The number of methoxy groups -OCH3 is 1. The van der Waals surface area contributed by atoms with E-state index in [0.29, 0.717) is 5.75 Å². The maximum absolute atomic E-state index is 9.68. The molecule has 0 atom stereocenters. The normalized spacial score (nSPS) is 10.1. The van der Waals surface area contributed by atoms with Crippen LogP contribution in [0.5, 0.6) is 11.5 Å². The number of ether oxygens (including phenoxy) is 1. The first-order chi connectivity index (χ1) is 6.81. The minimum atomic E-state index is 0.190. The van der Waals surface area contributed by atoms with Gasteiger partial charge in [0.15, 0.2) is 0 Å². The standard InChI is InChI=1S/C10H9NO2S/c1-13-7-2-3-8(10(12)4-7)9-5-14-6-11-9/h2-6,12H,1H3. The van der Waals surface area contributed by atoms with E-state index in [0.717, 1.165) is 11.3 Å². The first-order valence-electron chi connectivity index (χ1n) is 4.07. The summed E-state index contributed by atoms with van der Waals surface area (Å²) >= 11 is 1.50. The van der Waals surface area contributed by atoms with Crippen molar-refractivity contribution in [3.05, 3.63) is 29.1 Å². The molecule has 0 amide bonds. The van der Waals surface area contributed by atoms with Crippen molar-refractivity contribution in [2.45, 2.75) is 0 Å². The molecule has 1 aromatic heterocycles. The predicted molar refractivity (Wildman–Crippen MR) is 55.8 cm³/mol. The monoisotopic (exact) mass is 207 g/mol. The van der Waals surface area contributed by atoms with Crippen molar-refractivity contribution in [3.63, 3.8) is 0 Å². The summed E-state index contributed by atoms with van der Waals surface area (Å²) in [4.78, 5) is 4.12. The van der Waals surface area contributed by atoms with E-state index < -0.39 is 0 Å². The molecule has 1 N–H and O–H groups in total. The third kappa shape index (κ3) is 1.56. The zero-order chi connectivity index (χ0) is 9.97. The van der Waals surface area contributed by atoms with E-state index in [-0.39, 0.29) is 5.75 Å². The van der Waals surface area contributed by atoms with Crippen LogP contribution >= 0.6 is 11.3 Å². The fourth-order valence-corrected chi connectivity index (χ4v) is 1.75. The van der Waals surface area contributed by atoms with Crippen LogP contribution in [0.4, 0.5) is 0 Å². The van der Waals surface area contributed by atoms with Gasteiger partial charge in [0.1, 0.15) is 11.5 Å². The molecule has 2 rings (SSSR count). The molecular weight excluding hydrogens is 198 g/mol. The summed E-state index contributed by atoms with van der Waals surface area (Å²) in [6.45, 7) is 0. The van der Waals surface area contributed by atoms with Crippen LogP contribution in [0.1, 0.15) is 0 Å². The van der Waals surface area contributed by atoms with Gasteiger partial charge in [0.05, 0.1) is 18.3 Å². The summed E-state index contributed by atoms with van der Waals surface area (Å²) in [6, 6.07) is 5.17. The first-order valence-corrected chi connectivity index (χ1v) is 5.01. The van der Waals surface area contributed by atoms with Gasteiger partial charge in [-0.2, -0.15) is 0 Å². The Balaban J connectivity index is 2.46. The van der Waals surface area contributed by atoms with Gasteiger partial charge in [-0.25, -0.2) is 4.98 Å². The summed E-state index contributed by atoms with van der Waals surface area (Å²) in [6.07, 6.45) is 0. The smallest absolute Gasteiger partial charge is 0.128 e. The van der Waals surface area contributed by atoms with Crippen LogP contribution < -0.4 is 4.74 Å². The van der Waals surface area contributed by atoms with Crippen LogP contribution in [-0.2, 0) is 0 Å². The maximum Gasteiger partial charge on any atom is 0.128 e. The Bertz CT molecular complexity index is 426. The molecule has 0 unspecified atom stereocenters. The molecule has 0 saturated carbocycles. The fraction of sp³-hybridized carbons (Fsp3) is 0.100. The summed E-state index contributed by atoms with van der Waals surface area (Å²) < 4.78 is 4.99. The van der Waals surface area contributed by atoms with Gasteiger partial charge >= 0.3 is 0 Å². The molecule has 4 heteroatoms. The Kier molecular flexibility index (Phi) is 2.37. The Morgan fingerprint density at radius 1 is 1.43 bits per heavy atom. The molecular formula is C10H9NO2S. The molecule has 0 fully saturated rings. The molecule has 0 bridgehead atoms. The highest BCUT2D eigenvalue weighted by atomic mass is 32.1. The Morgan fingerprint density at radius 3 is 2.86 bits per heavy atom. The van der Waals surface area contributed by atoms with E-state index in [4.69, 9.17) is 4.74 Å². The molecule has 0 saturated heterocycles. The zero-order valence-corrected chi connectivity index (χ0v) is 8.41. The average molecular weight is 207 g/mol. The van der Waals surface area contributed by atoms with Gasteiger partial charge in [0, 0.05) is 17.0 Å². The summed E-state index contributed by atoms with van der Waals surface area (Å²) in [5.41, 5.74) is 3.25. The van der Waals surface area contributed by atoms with Crippen LogP contribution in [0, 0.1) is 0 Å². The van der Waals surface area contributed by atoms with Gasteiger partial charge in [0.25, 0.3) is 0 Å². The molecule has 0 aliphatic rings. The summed E-state index contributed by atoms with van der Waals surface area (Å²) in [7, 11) is 1.57. The number of rotatable bonds is 2. The fourth-order valence-electron chi connectivity index (χ4n) is 1.20. The minimum absolute atomic E-state index is 0.190. The number of aromatic hydroxyl groups is 1. The van der Waals surface area contributed by atoms with E-state index in [2.05, 4.69) is 4.98 Å². The number of hydrogen-bond acceptors (Lipinski definition) is 4. The van der Waals surface area contributed by atoms with Crippen molar-refractivity contribution in [3.8, 4) is 22.8 Å². The third-order valence-electron chi connectivity index (χ3n) is 1.91. The number of hydrogen-bond donors (Lipinski definition) is 1. The van der Waals surface area contributed by atoms with E-state index in [9.17, 15) is 5.11 Å². The number of phenols is 1. The van der Waals surface area contributed by atoms with Crippen molar-refractivity contribution >= 4 is 11.3 Å². The lowest BCUT2D eigenvalue weighted by Crippen LogP contribution is -1.84. The van der Waals surface area contributed by atoms with Crippen LogP contribution in [0.2, 0.25) is 0 Å². The first kappa shape index (κ1) is 9.02. The molecule has 14 heavy (non-hydrogen) atoms. The lowest BCUT2D eigenvalue weighted by Gasteiger charge is -2.03. The van der Waals surface area contributed by atoms with E-state index >= 15 is 0 Å². The number of thiazole rings is 1. The SMILES string of the molecule is COc1ccc(-c2cscn2)c(O)c1. The Hall–Kier alpha value is -1.55. The number of phenolic OH excluding ortho intramolecular Hbond substituents is 1. The largest absolute Gasteiger partial charge is 0.507 e. The molecule has 3 nitrogen and oxygen atoms in total. The zero-order valence-electron chi connectivity index (χ0n) is 7.60. The summed E-state index contributed by atoms with van der Waals surface area (Å²) in [5.74, 6) is 0.830. The van der Waals surface area contributed by atoms with Crippen molar-refractivity contribution < 1.29 is 9.84 Å². The van der Waals surface area contributed by atoms with Crippen molar-refractivity contribution in [2.75, 3.05) is 7.11 Å². The molecule has 0 radical (unpaired) electrons. The van der Waals surface area contributed by atoms with Crippen molar-refractivity contribution in [1.29, 1.82) is 0 Å². The molecule has 72 valence electrons. The highest BCUT2D eigenvalue weighted by Gasteiger charge is 2.06. The average Bonchev–Trinajstić information content (AvgIpc) is 2.70. The van der Waals surface area contributed by atoms with E-state index in [1.54, 1.807) is 30.8 Å². The molecule has 0 spiro atoms. The molecule has 1 heterocycles. The number of nitrogens with zero attached hydrogens (tertiary/aromatic N) is 1. The lowest BCUT2D eigenvalue weighted by atomic mass is 10.1. The van der Waals surface area contributed by atoms with Gasteiger partial charge in [0.2, 0.25) is 0 Å². The highest BCUT2D eigenvalue weighted by Crippen LogP contribution is 2.31. The summed E-state index contributed by atoms with van der Waals surface area (Å²) in [5, 5.41) is 11.6. The molecule has 0 aliphatic carbocycles. The van der Waals surface area contributed by atoms with Crippen LogP contribution in [0.15, 0.2) is 29.1 Å². The van der Waals surface area contributed by atoms with E-state index in [1.165, 1.54) is 11.3 Å². The van der Waals surface area contributed by atoms with Crippen LogP contribution in [-0.4, -0.2) is 17.2 Å².